The van der Waals surface area contributed by atoms with Gasteiger partial charge in [-0.1, -0.05) is 25.5 Å². The predicted octanol–water partition coefficient (Wildman–Crippen LogP) is 2.99. The second-order valence-corrected chi connectivity index (χ2v) is 4.75. The van der Waals surface area contributed by atoms with E-state index in [1.165, 1.54) is 5.57 Å². The molecule has 0 spiro atoms. The molecule has 1 saturated carbocycles. The van der Waals surface area contributed by atoms with Gasteiger partial charge in [0.2, 0.25) is 5.24 Å². The molecule has 0 N–H and O–H groups in total. The average molecular weight is 187 g/mol. The summed E-state index contributed by atoms with van der Waals surface area (Å²) in [6, 6.07) is 0. The third-order valence-corrected chi connectivity index (χ3v) is 2.90. The van der Waals surface area contributed by atoms with E-state index in [1.54, 1.807) is 0 Å². The second kappa shape index (κ2) is 2.88. The SMILES string of the molecule is CC(C)=C[C@H]1[C@H](C(=O)Cl)C1(C)C. The Morgan fingerprint density at radius 2 is 1.92 bits per heavy atom. The van der Waals surface area contributed by atoms with E-state index in [4.69, 9.17) is 11.6 Å². The summed E-state index contributed by atoms with van der Waals surface area (Å²) >= 11 is 5.47. The number of allylic oxidation sites excluding steroid dienone is 2. The summed E-state index contributed by atoms with van der Waals surface area (Å²) in [6.07, 6.45) is 2.14. The molecule has 0 unspecified atom stereocenters. The first kappa shape index (κ1) is 9.79. The molecule has 12 heavy (non-hydrogen) atoms. The Balaban J connectivity index is 2.73. The third kappa shape index (κ3) is 1.56. The Labute approximate surface area is 78.8 Å². The van der Waals surface area contributed by atoms with Crippen LogP contribution in [-0.2, 0) is 4.79 Å². The molecule has 0 aromatic carbocycles. The minimum atomic E-state index is -0.192. The van der Waals surface area contributed by atoms with Gasteiger partial charge in [0, 0.05) is 5.92 Å². The average Bonchev–Trinajstić information content (AvgIpc) is 2.32. The van der Waals surface area contributed by atoms with Crippen LogP contribution in [0.1, 0.15) is 27.7 Å². The molecule has 1 nitrogen and oxygen atoms in total. The quantitative estimate of drug-likeness (QED) is 0.479. The molecule has 0 saturated heterocycles. The lowest BCUT2D eigenvalue weighted by molar-refractivity contribution is -0.113. The van der Waals surface area contributed by atoms with E-state index in [9.17, 15) is 4.79 Å². The van der Waals surface area contributed by atoms with E-state index >= 15 is 0 Å². The first-order valence-corrected chi connectivity index (χ1v) is 4.59. The lowest BCUT2D eigenvalue weighted by Crippen LogP contribution is -1.96. The lowest BCUT2D eigenvalue weighted by atomic mass is 10.1. The van der Waals surface area contributed by atoms with Crippen molar-refractivity contribution in [1.29, 1.82) is 0 Å². The highest BCUT2D eigenvalue weighted by Gasteiger charge is 2.59. The number of rotatable bonds is 2. The lowest BCUT2D eigenvalue weighted by Gasteiger charge is -1.96. The van der Waals surface area contributed by atoms with Gasteiger partial charge in [-0.25, -0.2) is 0 Å². The van der Waals surface area contributed by atoms with Gasteiger partial charge in [0.15, 0.2) is 0 Å². The van der Waals surface area contributed by atoms with Crippen LogP contribution in [-0.4, -0.2) is 5.24 Å². The van der Waals surface area contributed by atoms with Gasteiger partial charge in [0.1, 0.15) is 0 Å². The molecule has 0 heterocycles. The first-order valence-electron chi connectivity index (χ1n) is 4.21. The summed E-state index contributed by atoms with van der Waals surface area (Å²) in [5, 5.41) is -0.192. The van der Waals surface area contributed by atoms with Crippen LogP contribution in [0.3, 0.4) is 0 Å². The second-order valence-electron chi connectivity index (χ2n) is 4.37. The Hall–Kier alpha value is -0.300. The molecule has 1 aliphatic rings. The fraction of sp³-hybridized carbons (Fsp3) is 0.700. The van der Waals surface area contributed by atoms with Crippen molar-refractivity contribution >= 4 is 16.8 Å². The van der Waals surface area contributed by atoms with Crippen LogP contribution in [0.15, 0.2) is 11.6 Å². The van der Waals surface area contributed by atoms with Gasteiger partial charge in [-0.05, 0) is 36.8 Å². The topological polar surface area (TPSA) is 17.1 Å². The maximum atomic E-state index is 10.9. The van der Waals surface area contributed by atoms with E-state index in [0.717, 1.165) is 0 Å². The molecule has 2 heteroatoms. The zero-order valence-corrected chi connectivity index (χ0v) is 8.77. The molecule has 0 aliphatic heterocycles. The van der Waals surface area contributed by atoms with Crippen molar-refractivity contribution in [2.75, 3.05) is 0 Å². The van der Waals surface area contributed by atoms with Crippen LogP contribution in [0.4, 0.5) is 0 Å². The van der Waals surface area contributed by atoms with Crippen LogP contribution in [0.25, 0.3) is 0 Å². The van der Waals surface area contributed by atoms with Crippen LogP contribution < -0.4 is 0 Å². The predicted molar refractivity (Wildman–Crippen MR) is 51.1 cm³/mol. The number of carbonyl (C=O) groups excluding carboxylic acids is 1. The summed E-state index contributed by atoms with van der Waals surface area (Å²) in [4.78, 5) is 10.9. The standard InChI is InChI=1S/C10H15ClO/c1-6(2)5-7-8(9(11)12)10(7,3)4/h5,7-8H,1-4H3/t7-,8+/m0/s1. The van der Waals surface area contributed by atoms with Gasteiger partial charge >= 0.3 is 0 Å². The smallest absolute Gasteiger partial charge is 0.225 e. The summed E-state index contributed by atoms with van der Waals surface area (Å²) < 4.78 is 0. The molecule has 1 rings (SSSR count). The first-order chi connectivity index (χ1) is 5.37. The van der Waals surface area contributed by atoms with Crippen LogP contribution in [0.2, 0.25) is 0 Å². The highest BCUT2D eigenvalue weighted by molar-refractivity contribution is 6.64. The molecule has 68 valence electrons. The van der Waals surface area contributed by atoms with Crippen molar-refractivity contribution in [1.82, 2.24) is 0 Å². The molecule has 2 atom stereocenters. The zero-order valence-electron chi connectivity index (χ0n) is 8.02. The van der Waals surface area contributed by atoms with Gasteiger partial charge in [0.25, 0.3) is 0 Å². The van der Waals surface area contributed by atoms with Crippen molar-refractivity contribution in [3.8, 4) is 0 Å². The monoisotopic (exact) mass is 186 g/mol. The molecule has 0 amide bonds. The van der Waals surface area contributed by atoms with Crippen molar-refractivity contribution in [3.05, 3.63) is 11.6 Å². The molecular formula is C10H15ClO. The van der Waals surface area contributed by atoms with Gasteiger partial charge in [0.05, 0.1) is 0 Å². The van der Waals surface area contributed by atoms with Crippen molar-refractivity contribution in [2.24, 2.45) is 17.3 Å². The van der Waals surface area contributed by atoms with E-state index in [-0.39, 0.29) is 16.6 Å². The number of hydrogen-bond acceptors (Lipinski definition) is 1. The Morgan fingerprint density at radius 1 is 1.42 bits per heavy atom. The molecule has 0 bridgehead atoms. The summed E-state index contributed by atoms with van der Waals surface area (Å²) in [5.41, 5.74) is 1.34. The molecular weight excluding hydrogens is 172 g/mol. The van der Waals surface area contributed by atoms with Crippen molar-refractivity contribution in [3.63, 3.8) is 0 Å². The largest absolute Gasteiger partial charge is 0.281 e. The van der Waals surface area contributed by atoms with Crippen LogP contribution in [0, 0.1) is 17.3 Å². The number of carbonyl (C=O) groups is 1. The minimum Gasteiger partial charge on any atom is -0.281 e. The highest BCUT2D eigenvalue weighted by atomic mass is 35.5. The fourth-order valence-corrected chi connectivity index (χ4v) is 2.20. The van der Waals surface area contributed by atoms with E-state index in [2.05, 4.69) is 19.9 Å². The molecule has 1 aliphatic carbocycles. The highest BCUT2D eigenvalue weighted by Crippen LogP contribution is 2.60. The third-order valence-electron chi connectivity index (χ3n) is 2.67. The summed E-state index contributed by atoms with van der Waals surface area (Å²) in [5.74, 6) is 0.390. The van der Waals surface area contributed by atoms with Crippen molar-refractivity contribution < 1.29 is 4.79 Å². The fourth-order valence-electron chi connectivity index (χ4n) is 1.78. The van der Waals surface area contributed by atoms with Gasteiger partial charge in [-0.3, -0.25) is 4.79 Å². The molecule has 0 aromatic rings. The summed E-state index contributed by atoms with van der Waals surface area (Å²) in [6.45, 7) is 8.26. The Bertz CT molecular complexity index is 236. The van der Waals surface area contributed by atoms with Gasteiger partial charge in [-0.15, -0.1) is 0 Å². The molecule has 0 aromatic heterocycles. The van der Waals surface area contributed by atoms with Crippen molar-refractivity contribution in [2.45, 2.75) is 27.7 Å². The van der Waals surface area contributed by atoms with Gasteiger partial charge in [-0.2, -0.15) is 0 Å². The van der Waals surface area contributed by atoms with Crippen LogP contribution in [0.5, 0.6) is 0 Å². The van der Waals surface area contributed by atoms with Gasteiger partial charge < -0.3 is 0 Å². The van der Waals surface area contributed by atoms with Crippen LogP contribution >= 0.6 is 11.6 Å². The zero-order chi connectivity index (χ0) is 9.52. The maximum Gasteiger partial charge on any atom is 0.225 e. The Morgan fingerprint density at radius 3 is 2.17 bits per heavy atom. The molecule has 0 radical (unpaired) electrons. The normalized spacial score (nSPS) is 31.1. The summed E-state index contributed by atoms with van der Waals surface area (Å²) in [7, 11) is 0. The molecule has 1 fully saturated rings. The van der Waals surface area contributed by atoms with E-state index in [0.29, 0.717) is 5.92 Å². The maximum absolute atomic E-state index is 10.9. The van der Waals surface area contributed by atoms with E-state index in [1.807, 2.05) is 13.8 Å². The minimum absolute atomic E-state index is 0.0362. The van der Waals surface area contributed by atoms with E-state index < -0.39 is 0 Å². The Kier molecular flexibility index (Phi) is 2.35. The number of halogens is 1. The number of hydrogen-bond donors (Lipinski definition) is 0.